The molecule has 2 heterocycles. The van der Waals surface area contributed by atoms with Gasteiger partial charge < -0.3 is 23.7 Å². The van der Waals surface area contributed by atoms with Crippen LogP contribution in [0.2, 0.25) is 0 Å². The van der Waals surface area contributed by atoms with Crippen molar-refractivity contribution in [1.82, 2.24) is 9.47 Å². The minimum atomic E-state index is -0.127. The minimum Gasteiger partial charge on any atom is -0.497 e. The summed E-state index contributed by atoms with van der Waals surface area (Å²) >= 11 is 0. The van der Waals surface area contributed by atoms with Gasteiger partial charge in [-0.15, -0.1) is 0 Å². The normalized spacial score (nSPS) is 13.9. The van der Waals surface area contributed by atoms with Gasteiger partial charge in [0, 0.05) is 30.4 Å². The number of carbonyl (C=O) groups excluding carboxylic acids is 1. The standard InChI is InChI=1S/C19H22N2O5/c1-12-5-16(9-18(22)20(12)2)26-17-10-21(11-17)19(23)13-6-14(24-3)8-15(7-13)25-4/h5-9,17H,10-11H2,1-4H3. The Hall–Kier alpha value is -2.96. The van der Waals surface area contributed by atoms with Crippen molar-refractivity contribution in [1.29, 1.82) is 0 Å². The first-order chi connectivity index (χ1) is 12.4. The molecule has 1 aromatic carbocycles. The summed E-state index contributed by atoms with van der Waals surface area (Å²) in [5.41, 5.74) is 1.21. The average Bonchev–Trinajstić information content (AvgIpc) is 2.61. The average molecular weight is 358 g/mol. The molecule has 7 heteroatoms. The molecule has 1 saturated heterocycles. The summed E-state index contributed by atoms with van der Waals surface area (Å²) < 4.78 is 17.8. The monoisotopic (exact) mass is 358 g/mol. The number of nitrogens with zero attached hydrogens (tertiary/aromatic N) is 2. The highest BCUT2D eigenvalue weighted by atomic mass is 16.5. The van der Waals surface area contributed by atoms with Crippen molar-refractivity contribution in [3.8, 4) is 17.2 Å². The van der Waals surface area contributed by atoms with Crippen molar-refractivity contribution < 1.29 is 19.0 Å². The molecule has 1 aromatic heterocycles. The summed E-state index contributed by atoms with van der Waals surface area (Å²) in [6.07, 6.45) is -0.127. The van der Waals surface area contributed by atoms with Crippen LogP contribution in [-0.2, 0) is 7.05 Å². The number of methoxy groups -OCH3 is 2. The number of rotatable bonds is 5. The van der Waals surface area contributed by atoms with Crippen molar-refractivity contribution in [3.63, 3.8) is 0 Å². The lowest BCUT2D eigenvalue weighted by Crippen LogP contribution is -2.56. The lowest BCUT2D eigenvalue weighted by atomic mass is 10.1. The van der Waals surface area contributed by atoms with E-state index in [1.807, 2.05) is 13.0 Å². The highest BCUT2D eigenvalue weighted by Gasteiger charge is 2.33. The molecule has 0 unspecified atom stereocenters. The SMILES string of the molecule is COc1cc(OC)cc(C(=O)N2CC(Oc3cc(C)n(C)c(=O)c3)C2)c1. The van der Waals surface area contributed by atoms with Crippen LogP contribution in [0.15, 0.2) is 35.1 Å². The van der Waals surface area contributed by atoms with Crippen LogP contribution in [0, 0.1) is 6.92 Å². The number of aryl methyl sites for hydroxylation is 1. The van der Waals surface area contributed by atoms with Crippen LogP contribution in [0.3, 0.4) is 0 Å². The highest BCUT2D eigenvalue weighted by molar-refractivity contribution is 5.95. The van der Waals surface area contributed by atoms with Gasteiger partial charge in [-0.2, -0.15) is 0 Å². The fraction of sp³-hybridized carbons (Fsp3) is 0.368. The third kappa shape index (κ3) is 3.51. The predicted octanol–water partition coefficient (Wildman–Crippen LogP) is 1.61. The van der Waals surface area contributed by atoms with Gasteiger partial charge in [-0.25, -0.2) is 0 Å². The number of likely N-dealkylation sites (tertiary alicyclic amines) is 1. The van der Waals surface area contributed by atoms with Crippen molar-refractivity contribution >= 4 is 5.91 Å². The van der Waals surface area contributed by atoms with Crippen LogP contribution in [0.25, 0.3) is 0 Å². The summed E-state index contributed by atoms with van der Waals surface area (Å²) in [4.78, 5) is 26.1. The summed E-state index contributed by atoms with van der Waals surface area (Å²) in [5, 5.41) is 0. The first-order valence-electron chi connectivity index (χ1n) is 8.28. The van der Waals surface area contributed by atoms with Gasteiger partial charge >= 0.3 is 0 Å². The Kier molecular flexibility index (Phi) is 4.88. The van der Waals surface area contributed by atoms with Crippen molar-refractivity contribution in [2.24, 2.45) is 7.05 Å². The first kappa shape index (κ1) is 17.8. The van der Waals surface area contributed by atoms with E-state index >= 15 is 0 Å². The molecule has 2 aromatic rings. The van der Waals surface area contributed by atoms with E-state index in [0.717, 1.165) is 5.69 Å². The van der Waals surface area contributed by atoms with Crippen molar-refractivity contribution in [3.05, 3.63) is 51.9 Å². The lowest BCUT2D eigenvalue weighted by Gasteiger charge is -2.39. The van der Waals surface area contributed by atoms with E-state index in [0.29, 0.717) is 35.9 Å². The molecule has 138 valence electrons. The molecule has 7 nitrogen and oxygen atoms in total. The maximum Gasteiger partial charge on any atom is 0.254 e. The van der Waals surface area contributed by atoms with Gasteiger partial charge in [0.2, 0.25) is 0 Å². The smallest absolute Gasteiger partial charge is 0.254 e. The third-order valence-corrected chi connectivity index (χ3v) is 4.51. The summed E-state index contributed by atoms with van der Waals surface area (Å²) in [6, 6.07) is 8.37. The Bertz CT molecular complexity index is 862. The van der Waals surface area contributed by atoms with Gasteiger partial charge in [-0.3, -0.25) is 9.59 Å². The van der Waals surface area contributed by atoms with E-state index in [-0.39, 0.29) is 17.6 Å². The zero-order chi connectivity index (χ0) is 18.8. The molecule has 0 radical (unpaired) electrons. The second-order valence-corrected chi connectivity index (χ2v) is 6.28. The van der Waals surface area contributed by atoms with Crippen LogP contribution in [0.1, 0.15) is 16.1 Å². The Labute approximate surface area is 151 Å². The molecule has 0 N–H and O–H groups in total. The van der Waals surface area contributed by atoms with Crippen molar-refractivity contribution in [2.75, 3.05) is 27.3 Å². The summed E-state index contributed by atoms with van der Waals surface area (Å²) in [6.45, 7) is 2.78. The second kappa shape index (κ2) is 7.11. The number of aromatic nitrogens is 1. The molecule has 0 spiro atoms. The van der Waals surface area contributed by atoms with Crippen molar-refractivity contribution in [2.45, 2.75) is 13.0 Å². The van der Waals surface area contributed by atoms with E-state index in [1.54, 1.807) is 48.9 Å². The van der Waals surface area contributed by atoms with Gasteiger partial charge in [0.05, 0.1) is 27.3 Å². The van der Waals surface area contributed by atoms with E-state index in [2.05, 4.69) is 0 Å². The molecule has 0 aliphatic carbocycles. The van der Waals surface area contributed by atoms with Crippen LogP contribution < -0.4 is 19.8 Å². The quantitative estimate of drug-likeness (QED) is 0.812. The molecule has 1 aliphatic rings. The third-order valence-electron chi connectivity index (χ3n) is 4.51. The van der Waals surface area contributed by atoms with E-state index < -0.39 is 0 Å². The molecule has 1 fully saturated rings. The topological polar surface area (TPSA) is 70.0 Å². The molecule has 0 atom stereocenters. The number of amides is 1. The summed E-state index contributed by atoms with van der Waals surface area (Å²) in [5.74, 6) is 1.56. The second-order valence-electron chi connectivity index (χ2n) is 6.28. The maximum atomic E-state index is 12.6. The molecule has 0 bridgehead atoms. The highest BCUT2D eigenvalue weighted by Crippen LogP contribution is 2.25. The van der Waals surface area contributed by atoms with Gasteiger partial charge in [0.15, 0.2) is 0 Å². The van der Waals surface area contributed by atoms with Crippen LogP contribution in [0.5, 0.6) is 17.2 Å². The molecular weight excluding hydrogens is 336 g/mol. The largest absolute Gasteiger partial charge is 0.497 e. The van der Waals surface area contributed by atoms with E-state index in [4.69, 9.17) is 14.2 Å². The molecule has 1 amide bonds. The molecule has 1 aliphatic heterocycles. The fourth-order valence-electron chi connectivity index (χ4n) is 2.79. The van der Waals surface area contributed by atoms with Gasteiger partial charge in [0.25, 0.3) is 11.5 Å². The van der Waals surface area contributed by atoms with E-state index in [1.165, 1.54) is 6.07 Å². The van der Waals surface area contributed by atoms with Gasteiger partial charge in [-0.05, 0) is 25.1 Å². The first-order valence-corrected chi connectivity index (χ1v) is 8.28. The number of hydrogen-bond acceptors (Lipinski definition) is 5. The molecular formula is C19H22N2O5. The zero-order valence-electron chi connectivity index (χ0n) is 15.3. The maximum absolute atomic E-state index is 12.6. The number of hydrogen-bond donors (Lipinski definition) is 0. The minimum absolute atomic E-state index is 0.109. The number of carbonyl (C=O) groups is 1. The Morgan fingerprint density at radius 2 is 1.62 bits per heavy atom. The zero-order valence-corrected chi connectivity index (χ0v) is 15.3. The van der Waals surface area contributed by atoms with Crippen LogP contribution in [0.4, 0.5) is 0 Å². The lowest BCUT2D eigenvalue weighted by molar-refractivity contribution is 0.0176. The Morgan fingerprint density at radius 1 is 1.00 bits per heavy atom. The van der Waals surface area contributed by atoms with Gasteiger partial charge in [0.1, 0.15) is 23.4 Å². The van der Waals surface area contributed by atoms with Gasteiger partial charge in [-0.1, -0.05) is 0 Å². The van der Waals surface area contributed by atoms with Crippen LogP contribution >= 0.6 is 0 Å². The predicted molar refractivity (Wildman–Crippen MR) is 96.3 cm³/mol. The number of ether oxygens (including phenoxy) is 3. The Balaban J connectivity index is 1.65. The number of benzene rings is 1. The Morgan fingerprint density at radius 3 is 2.15 bits per heavy atom. The van der Waals surface area contributed by atoms with E-state index in [9.17, 15) is 9.59 Å². The fourth-order valence-corrected chi connectivity index (χ4v) is 2.79. The van der Waals surface area contributed by atoms with Crippen LogP contribution in [-0.4, -0.2) is 48.8 Å². The molecule has 0 saturated carbocycles. The summed E-state index contributed by atoms with van der Waals surface area (Å²) in [7, 11) is 4.80. The molecule has 3 rings (SSSR count). The molecule has 26 heavy (non-hydrogen) atoms. The number of pyridine rings is 1.